The van der Waals surface area contributed by atoms with Crippen molar-refractivity contribution in [1.29, 1.82) is 0 Å². The highest BCUT2D eigenvalue weighted by atomic mass is 32.2. The van der Waals surface area contributed by atoms with Gasteiger partial charge in [0, 0.05) is 31.1 Å². The molecule has 0 bridgehead atoms. The van der Waals surface area contributed by atoms with E-state index in [1.54, 1.807) is 6.20 Å². The Morgan fingerprint density at radius 2 is 2.21 bits per heavy atom. The number of nitrogens with zero attached hydrogens (tertiary/aromatic N) is 3. The lowest BCUT2D eigenvalue weighted by molar-refractivity contribution is 0.812. The molecule has 14 heavy (non-hydrogen) atoms. The van der Waals surface area contributed by atoms with Crippen molar-refractivity contribution in [2.45, 2.75) is 6.54 Å². The Balaban J connectivity index is 2.13. The third-order valence-corrected chi connectivity index (χ3v) is 3.21. The lowest BCUT2D eigenvalue weighted by Gasteiger charge is -2.26. The van der Waals surface area contributed by atoms with Crippen LogP contribution < -0.4 is 10.6 Å². The molecule has 0 aliphatic carbocycles. The van der Waals surface area contributed by atoms with Crippen LogP contribution in [0.4, 0.5) is 5.82 Å². The first kappa shape index (κ1) is 9.73. The van der Waals surface area contributed by atoms with Gasteiger partial charge in [0.2, 0.25) is 0 Å². The van der Waals surface area contributed by atoms with Crippen LogP contribution in [0.2, 0.25) is 0 Å². The van der Waals surface area contributed by atoms with Gasteiger partial charge < -0.3 is 10.6 Å². The zero-order valence-electron chi connectivity index (χ0n) is 8.02. The summed E-state index contributed by atoms with van der Waals surface area (Å²) in [4.78, 5) is 2.27. The smallest absolute Gasteiger partial charge is 0.151 e. The van der Waals surface area contributed by atoms with Crippen molar-refractivity contribution in [3.05, 3.63) is 17.8 Å². The fourth-order valence-corrected chi connectivity index (χ4v) is 2.36. The Kier molecular flexibility index (Phi) is 3.21. The predicted molar refractivity (Wildman–Crippen MR) is 59.5 cm³/mol. The van der Waals surface area contributed by atoms with E-state index in [2.05, 4.69) is 15.1 Å². The van der Waals surface area contributed by atoms with Crippen molar-refractivity contribution >= 4 is 17.6 Å². The van der Waals surface area contributed by atoms with Crippen LogP contribution in [0, 0.1) is 0 Å². The molecule has 0 atom stereocenters. The van der Waals surface area contributed by atoms with Gasteiger partial charge in [-0.15, -0.1) is 5.10 Å². The Labute approximate surface area is 87.9 Å². The van der Waals surface area contributed by atoms with Gasteiger partial charge in [0.25, 0.3) is 0 Å². The molecule has 0 unspecified atom stereocenters. The van der Waals surface area contributed by atoms with Gasteiger partial charge >= 0.3 is 0 Å². The summed E-state index contributed by atoms with van der Waals surface area (Å²) in [7, 11) is 0. The molecule has 0 spiro atoms. The van der Waals surface area contributed by atoms with Gasteiger partial charge in [-0.05, 0) is 11.6 Å². The summed E-state index contributed by atoms with van der Waals surface area (Å²) in [5, 5.41) is 8.07. The Hall–Kier alpha value is -0.810. The lowest BCUT2D eigenvalue weighted by atomic mass is 10.3. The molecule has 1 fully saturated rings. The fourth-order valence-electron chi connectivity index (χ4n) is 1.45. The normalized spacial score (nSPS) is 17.1. The number of hydrogen-bond acceptors (Lipinski definition) is 5. The second-order valence-electron chi connectivity index (χ2n) is 3.23. The topological polar surface area (TPSA) is 55.0 Å². The van der Waals surface area contributed by atoms with Crippen LogP contribution in [0.25, 0.3) is 0 Å². The summed E-state index contributed by atoms with van der Waals surface area (Å²) in [6, 6.07) is 2.03. The van der Waals surface area contributed by atoms with E-state index in [-0.39, 0.29) is 0 Å². The van der Waals surface area contributed by atoms with E-state index in [1.807, 2.05) is 17.8 Å². The van der Waals surface area contributed by atoms with Gasteiger partial charge in [0.05, 0.1) is 6.20 Å². The zero-order valence-corrected chi connectivity index (χ0v) is 8.83. The number of anilines is 1. The van der Waals surface area contributed by atoms with Crippen LogP contribution in [-0.4, -0.2) is 34.8 Å². The highest BCUT2D eigenvalue weighted by molar-refractivity contribution is 7.99. The maximum absolute atomic E-state index is 5.56. The highest BCUT2D eigenvalue weighted by Crippen LogP contribution is 2.16. The van der Waals surface area contributed by atoms with Crippen molar-refractivity contribution in [3.63, 3.8) is 0 Å². The zero-order chi connectivity index (χ0) is 9.80. The van der Waals surface area contributed by atoms with E-state index in [1.165, 1.54) is 11.5 Å². The summed E-state index contributed by atoms with van der Waals surface area (Å²) in [6.07, 6.45) is 1.72. The van der Waals surface area contributed by atoms with E-state index >= 15 is 0 Å². The summed E-state index contributed by atoms with van der Waals surface area (Å²) < 4.78 is 0. The van der Waals surface area contributed by atoms with Crippen LogP contribution in [0.15, 0.2) is 12.3 Å². The first-order valence-electron chi connectivity index (χ1n) is 4.74. The van der Waals surface area contributed by atoms with E-state index < -0.39 is 0 Å². The van der Waals surface area contributed by atoms with Crippen LogP contribution in [0.3, 0.4) is 0 Å². The molecule has 0 radical (unpaired) electrons. The van der Waals surface area contributed by atoms with Crippen molar-refractivity contribution < 1.29 is 0 Å². The molecule has 1 aliphatic rings. The molecule has 1 aromatic rings. The number of aromatic nitrogens is 2. The quantitative estimate of drug-likeness (QED) is 0.770. The molecule has 2 N–H and O–H groups in total. The summed E-state index contributed by atoms with van der Waals surface area (Å²) in [5.74, 6) is 3.32. The molecule has 2 heterocycles. The standard InChI is InChI=1S/C9H14N4S/c10-6-8-5-9(12-11-7-8)13-1-3-14-4-2-13/h5,7H,1-4,6,10H2. The summed E-state index contributed by atoms with van der Waals surface area (Å²) in [5.41, 5.74) is 6.61. The summed E-state index contributed by atoms with van der Waals surface area (Å²) >= 11 is 1.99. The SMILES string of the molecule is NCc1cnnc(N2CCSCC2)c1. The highest BCUT2D eigenvalue weighted by Gasteiger charge is 2.12. The van der Waals surface area contributed by atoms with Gasteiger partial charge in [0.1, 0.15) is 0 Å². The predicted octanol–water partition coefficient (Wildman–Crippen LogP) is 0.488. The average molecular weight is 210 g/mol. The molecule has 1 aromatic heterocycles. The van der Waals surface area contributed by atoms with E-state index in [9.17, 15) is 0 Å². The molecule has 2 rings (SSSR count). The fraction of sp³-hybridized carbons (Fsp3) is 0.556. The third-order valence-electron chi connectivity index (χ3n) is 2.27. The Bertz CT molecular complexity index is 299. The average Bonchev–Trinajstić information content (AvgIpc) is 2.30. The van der Waals surface area contributed by atoms with E-state index in [0.717, 1.165) is 24.5 Å². The van der Waals surface area contributed by atoms with Crippen molar-refractivity contribution in [1.82, 2.24) is 10.2 Å². The van der Waals surface area contributed by atoms with Gasteiger partial charge in [-0.3, -0.25) is 0 Å². The van der Waals surface area contributed by atoms with E-state index in [0.29, 0.717) is 6.54 Å². The first-order valence-corrected chi connectivity index (χ1v) is 5.90. The van der Waals surface area contributed by atoms with Crippen LogP contribution in [0.1, 0.15) is 5.56 Å². The van der Waals surface area contributed by atoms with Gasteiger partial charge in [-0.1, -0.05) is 0 Å². The number of thioether (sulfide) groups is 1. The number of nitrogens with two attached hydrogens (primary N) is 1. The maximum atomic E-state index is 5.56. The van der Waals surface area contributed by atoms with Crippen LogP contribution in [-0.2, 0) is 6.54 Å². The van der Waals surface area contributed by atoms with Gasteiger partial charge in [-0.25, -0.2) is 0 Å². The molecule has 1 saturated heterocycles. The second kappa shape index (κ2) is 4.61. The van der Waals surface area contributed by atoms with Gasteiger partial charge in [-0.2, -0.15) is 16.9 Å². The van der Waals surface area contributed by atoms with E-state index in [4.69, 9.17) is 5.73 Å². The molecule has 1 aliphatic heterocycles. The Morgan fingerprint density at radius 3 is 2.93 bits per heavy atom. The molecular weight excluding hydrogens is 196 g/mol. The van der Waals surface area contributed by atoms with Crippen LogP contribution in [0.5, 0.6) is 0 Å². The van der Waals surface area contributed by atoms with Crippen molar-refractivity contribution in [3.8, 4) is 0 Å². The molecule has 0 saturated carbocycles. The first-order chi connectivity index (χ1) is 6.90. The number of rotatable bonds is 2. The number of hydrogen-bond donors (Lipinski definition) is 1. The van der Waals surface area contributed by atoms with Crippen molar-refractivity contribution in [2.75, 3.05) is 29.5 Å². The largest absolute Gasteiger partial charge is 0.353 e. The minimum absolute atomic E-state index is 0.533. The minimum atomic E-state index is 0.533. The molecule has 76 valence electrons. The Morgan fingerprint density at radius 1 is 1.43 bits per heavy atom. The second-order valence-corrected chi connectivity index (χ2v) is 4.45. The maximum Gasteiger partial charge on any atom is 0.151 e. The van der Waals surface area contributed by atoms with Gasteiger partial charge in [0.15, 0.2) is 5.82 Å². The third kappa shape index (κ3) is 2.16. The summed E-state index contributed by atoms with van der Waals surface area (Å²) in [6.45, 7) is 2.66. The van der Waals surface area contributed by atoms with Crippen LogP contribution >= 0.6 is 11.8 Å². The molecule has 5 heteroatoms. The van der Waals surface area contributed by atoms with Crippen molar-refractivity contribution in [2.24, 2.45) is 5.73 Å². The molecule has 4 nitrogen and oxygen atoms in total. The lowest BCUT2D eigenvalue weighted by Crippen LogP contribution is -2.33. The molecule has 0 aromatic carbocycles. The molecular formula is C9H14N4S. The monoisotopic (exact) mass is 210 g/mol. The molecule has 0 amide bonds. The minimum Gasteiger partial charge on any atom is -0.353 e.